The van der Waals surface area contributed by atoms with E-state index >= 15 is 0 Å². The van der Waals surface area contributed by atoms with E-state index in [0.29, 0.717) is 6.04 Å². The predicted octanol–water partition coefficient (Wildman–Crippen LogP) is 3.85. The number of aromatic nitrogens is 3. The topological polar surface area (TPSA) is 71.5 Å². The van der Waals surface area contributed by atoms with Crippen molar-refractivity contribution in [2.75, 3.05) is 18.4 Å². The molecule has 1 aliphatic rings. The molecule has 1 saturated heterocycles. The standard InChI is InChI=1S/C25H28N6/c26-22-12-14-30(15-13-22)17-21-11-16-31-24(21)25(27-18-28-31)29-23(19-7-3-1-4-8-19)20-9-5-2-6-10-20/h1-11,16,18,22-23H,12-15,17,26H2,(H,27,28,29). The van der Waals surface area contributed by atoms with Gasteiger partial charge in [0.05, 0.1) is 6.04 Å². The third-order valence-corrected chi connectivity index (χ3v) is 6.11. The van der Waals surface area contributed by atoms with E-state index < -0.39 is 0 Å². The zero-order valence-electron chi connectivity index (χ0n) is 17.6. The van der Waals surface area contributed by atoms with Gasteiger partial charge in [-0.25, -0.2) is 9.50 Å². The maximum atomic E-state index is 6.09. The summed E-state index contributed by atoms with van der Waals surface area (Å²) < 4.78 is 1.92. The fourth-order valence-corrected chi connectivity index (χ4v) is 4.39. The lowest BCUT2D eigenvalue weighted by Crippen LogP contribution is -2.39. The van der Waals surface area contributed by atoms with Crippen molar-refractivity contribution in [3.05, 3.63) is 95.9 Å². The summed E-state index contributed by atoms with van der Waals surface area (Å²) in [5.74, 6) is 0.849. The van der Waals surface area contributed by atoms with Crippen LogP contribution in [0.1, 0.15) is 35.6 Å². The molecule has 6 heteroatoms. The van der Waals surface area contributed by atoms with Gasteiger partial charge < -0.3 is 11.1 Å². The van der Waals surface area contributed by atoms with Crippen molar-refractivity contribution in [2.24, 2.45) is 5.73 Å². The predicted molar refractivity (Wildman–Crippen MR) is 124 cm³/mol. The van der Waals surface area contributed by atoms with Gasteiger partial charge in [0.25, 0.3) is 0 Å². The summed E-state index contributed by atoms with van der Waals surface area (Å²) in [7, 11) is 0. The molecule has 0 radical (unpaired) electrons. The molecule has 6 nitrogen and oxygen atoms in total. The Morgan fingerprint density at radius 1 is 0.935 bits per heavy atom. The minimum Gasteiger partial charge on any atom is -0.357 e. The molecule has 4 aromatic rings. The molecular weight excluding hydrogens is 384 g/mol. The summed E-state index contributed by atoms with van der Waals surface area (Å²) in [6.45, 7) is 2.95. The largest absolute Gasteiger partial charge is 0.357 e. The number of fused-ring (bicyclic) bond motifs is 1. The third kappa shape index (κ3) is 4.31. The highest BCUT2D eigenvalue weighted by Crippen LogP contribution is 2.29. The molecule has 0 amide bonds. The number of benzene rings is 2. The van der Waals surface area contributed by atoms with Crippen molar-refractivity contribution in [1.29, 1.82) is 0 Å². The summed E-state index contributed by atoms with van der Waals surface area (Å²) in [6, 6.07) is 23.5. The molecule has 0 atom stereocenters. The van der Waals surface area contributed by atoms with Crippen LogP contribution in [0.2, 0.25) is 0 Å². The van der Waals surface area contributed by atoms with E-state index in [1.807, 2.05) is 22.8 Å². The average Bonchev–Trinajstić information content (AvgIpc) is 3.24. The second kappa shape index (κ2) is 8.88. The molecule has 5 rings (SSSR count). The van der Waals surface area contributed by atoms with Gasteiger partial charge in [-0.2, -0.15) is 5.10 Å². The van der Waals surface area contributed by atoms with Gasteiger partial charge in [0.1, 0.15) is 11.8 Å². The first-order valence-corrected chi connectivity index (χ1v) is 10.9. The Kier molecular flexibility index (Phi) is 5.65. The van der Waals surface area contributed by atoms with Gasteiger partial charge in [0.15, 0.2) is 5.82 Å². The zero-order chi connectivity index (χ0) is 21.0. The lowest BCUT2D eigenvalue weighted by Gasteiger charge is -2.30. The lowest BCUT2D eigenvalue weighted by molar-refractivity contribution is 0.206. The van der Waals surface area contributed by atoms with Gasteiger partial charge in [-0.15, -0.1) is 0 Å². The van der Waals surface area contributed by atoms with Crippen LogP contribution in [0.3, 0.4) is 0 Å². The minimum atomic E-state index is -0.00293. The number of rotatable bonds is 6. The maximum Gasteiger partial charge on any atom is 0.155 e. The lowest BCUT2D eigenvalue weighted by atomic mass is 9.98. The van der Waals surface area contributed by atoms with E-state index in [2.05, 4.69) is 74.9 Å². The van der Waals surface area contributed by atoms with Crippen LogP contribution in [-0.2, 0) is 6.54 Å². The van der Waals surface area contributed by atoms with Gasteiger partial charge in [-0.05, 0) is 48.7 Å². The Bertz CT molecular complexity index is 1080. The smallest absolute Gasteiger partial charge is 0.155 e. The van der Waals surface area contributed by atoms with Crippen molar-refractivity contribution in [3.8, 4) is 0 Å². The molecule has 0 saturated carbocycles. The Balaban J connectivity index is 1.49. The molecule has 0 bridgehead atoms. The average molecular weight is 413 g/mol. The van der Waals surface area contributed by atoms with E-state index in [-0.39, 0.29) is 6.04 Å². The summed E-state index contributed by atoms with van der Waals surface area (Å²) in [5.41, 5.74) is 10.8. The van der Waals surface area contributed by atoms with E-state index in [4.69, 9.17) is 5.73 Å². The quantitative estimate of drug-likeness (QED) is 0.503. The van der Waals surface area contributed by atoms with Crippen molar-refractivity contribution in [1.82, 2.24) is 19.5 Å². The summed E-state index contributed by atoms with van der Waals surface area (Å²) in [6.07, 6.45) is 5.74. The van der Waals surface area contributed by atoms with Crippen LogP contribution < -0.4 is 11.1 Å². The van der Waals surface area contributed by atoms with Crippen molar-refractivity contribution in [3.63, 3.8) is 0 Å². The molecule has 0 aliphatic carbocycles. The van der Waals surface area contributed by atoms with Crippen LogP contribution >= 0.6 is 0 Å². The van der Waals surface area contributed by atoms with E-state index in [0.717, 1.165) is 43.8 Å². The zero-order valence-corrected chi connectivity index (χ0v) is 17.6. The maximum absolute atomic E-state index is 6.09. The molecule has 0 spiro atoms. The molecule has 1 fully saturated rings. The fourth-order valence-electron chi connectivity index (χ4n) is 4.39. The highest BCUT2D eigenvalue weighted by Gasteiger charge is 2.21. The van der Waals surface area contributed by atoms with E-state index in [1.165, 1.54) is 16.7 Å². The molecule has 0 unspecified atom stereocenters. The first kappa shape index (κ1) is 19.7. The Morgan fingerprint density at radius 2 is 1.58 bits per heavy atom. The van der Waals surface area contributed by atoms with Crippen LogP contribution in [-0.4, -0.2) is 38.6 Å². The molecule has 1 aliphatic heterocycles. The van der Waals surface area contributed by atoms with Gasteiger partial charge in [-0.3, -0.25) is 4.90 Å². The molecule has 31 heavy (non-hydrogen) atoms. The fraction of sp³-hybridized carbons (Fsp3) is 0.280. The number of nitrogens with zero attached hydrogens (tertiary/aromatic N) is 4. The first-order valence-electron chi connectivity index (χ1n) is 10.9. The molecule has 2 aromatic heterocycles. The number of nitrogens with two attached hydrogens (primary N) is 1. The van der Waals surface area contributed by atoms with Gasteiger partial charge in [0.2, 0.25) is 0 Å². The highest BCUT2D eigenvalue weighted by molar-refractivity contribution is 5.73. The van der Waals surface area contributed by atoms with E-state index in [9.17, 15) is 0 Å². The number of likely N-dealkylation sites (tertiary alicyclic amines) is 1. The van der Waals surface area contributed by atoms with Gasteiger partial charge in [-0.1, -0.05) is 60.7 Å². The van der Waals surface area contributed by atoms with Crippen molar-refractivity contribution in [2.45, 2.75) is 31.5 Å². The Morgan fingerprint density at radius 3 is 2.23 bits per heavy atom. The van der Waals surface area contributed by atoms with Crippen molar-refractivity contribution < 1.29 is 0 Å². The van der Waals surface area contributed by atoms with Crippen LogP contribution in [0.4, 0.5) is 5.82 Å². The highest BCUT2D eigenvalue weighted by atomic mass is 15.3. The summed E-state index contributed by atoms with van der Waals surface area (Å²) >= 11 is 0. The van der Waals surface area contributed by atoms with Crippen LogP contribution in [0.15, 0.2) is 79.3 Å². The second-order valence-corrected chi connectivity index (χ2v) is 8.26. The number of nitrogens with one attached hydrogen (secondary N) is 1. The van der Waals surface area contributed by atoms with Crippen LogP contribution in [0.25, 0.3) is 5.52 Å². The van der Waals surface area contributed by atoms with Crippen LogP contribution in [0.5, 0.6) is 0 Å². The molecule has 3 N–H and O–H groups in total. The second-order valence-electron chi connectivity index (χ2n) is 8.26. The summed E-state index contributed by atoms with van der Waals surface area (Å²) in [4.78, 5) is 7.13. The number of hydrogen-bond acceptors (Lipinski definition) is 5. The van der Waals surface area contributed by atoms with E-state index in [1.54, 1.807) is 6.33 Å². The number of piperidine rings is 1. The van der Waals surface area contributed by atoms with Gasteiger partial charge in [0, 0.05) is 18.8 Å². The number of anilines is 1. The Labute approximate surface area is 182 Å². The minimum absolute atomic E-state index is 0.00293. The Hall–Kier alpha value is -3.22. The first-order chi connectivity index (χ1) is 15.3. The summed E-state index contributed by atoms with van der Waals surface area (Å²) in [5, 5.41) is 8.16. The van der Waals surface area contributed by atoms with Crippen LogP contribution in [0, 0.1) is 0 Å². The third-order valence-electron chi connectivity index (χ3n) is 6.11. The SMILES string of the molecule is NC1CCN(Cc2ccn3ncnc(NC(c4ccccc4)c4ccccc4)c23)CC1. The van der Waals surface area contributed by atoms with Crippen molar-refractivity contribution >= 4 is 11.3 Å². The molecule has 3 heterocycles. The monoisotopic (exact) mass is 412 g/mol. The molecule has 158 valence electrons. The van der Waals surface area contributed by atoms with Gasteiger partial charge >= 0.3 is 0 Å². The normalized spacial score (nSPS) is 15.5. The molecule has 2 aromatic carbocycles. The molecular formula is C25H28N6. The number of hydrogen-bond donors (Lipinski definition) is 2.